The SMILES string of the molecule is NC(CCC(=O)O)C(=O)N(CC(=O)O)c1ccc(Cl)cc1. The molecule has 0 aromatic heterocycles. The molecule has 0 aliphatic carbocycles. The molecule has 0 spiro atoms. The molecule has 4 N–H and O–H groups in total. The number of anilines is 1. The van der Waals surface area contributed by atoms with E-state index in [2.05, 4.69) is 0 Å². The van der Waals surface area contributed by atoms with Gasteiger partial charge in [-0.1, -0.05) is 11.6 Å². The second-order valence-electron chi connectivity index (χ2n) is 4.33. The molecule has 114 valence electrons. The molecule has 1 aromatic carbocycles. The van der Waals surface area contributed by atoms with Crippen LogP contribution in [0.5, 0.6) is 0 Å². The summed E-state index contributed by atoms with van der Waals surface area (Å²) >= 11 is 5.74. The Kier molecular flexibility index (Phi) is 6.13. The van der Waals surface area contributed by atoms with Gasteiger partial charge in [0.25, 0.3) is 0 Å². The number of halogens is 1. The molecule has 0 saturated carbocycles. The van der Waals surface area contributed by atoms with E-state index in [1.54, 1.807) is 0 Å². The van der Waals surface area contributed by atoms with Crippen LogP contribution in [0.2, 0.25) is 5.02 Å². The van der Waals surface area contributed by atoms with Gasteiger partial charge in [0.1, 0.15) is 6.54 Å². The highest BCUT2D eigenvalue weighted by Crippen LogP contribution is 2.19. The van der Waals surface area contributed by atoms with Crippen LogP contribution < -0.4 is 10.6 Å². The Bertz CT molecular complexity index is 532. The second-order valence-corrected chi connectivity index (χ2v) is 4.77. The van der Waals surface area contributed by atoms with Crippen molar-refractivity contribution in [1.29, 1.82) is 0 Å². The lowest BCUT2D eigenvalue weighted by Gasteiger charge is -2.24. The van der Waals surface area contributed by atoms with E-state index in [-0.39, 0.29) is 12.8 Å². The number of amides is 1. The van der Waals surface area contributed by atoms with Crippen LogP contribution in [0.25, 0.3) is 0 Å². The van der Waals surface area contributed by atoms with Crippen molar-refractivity contribution in [3.05, 3.63) is 29.3 Å². The van der Waals surface area contributed by atoms with Crippen LogP contribution in [-0.2, 0) is 14.4 Å². The molecule has 0 aliphatic rings. The number of hydrogen-bond donors (Lipinski definition) is 3. The standard InChI is InChI=1S/C13H15ClN2O5/c14-8-1-3-9(4-2-8)16(7-12(19)20)13(21)10(15)5-6-11(17)18/h1-4,10H,5-7,15H2,(H,17,18)(H,19,20). The number of carboxylic acid groups (broad SMARTS) is 2. The fourth-order valence-electron chi connectivity index (χ4n) is 1.66. The Morgan fingerprint density at radius 1 is 1.14 bits per heavy atom. The first-order valence-electron chi connectivity index (χ1n) is 6.07. The van der Waals surface area contributed by atoms with Gasteiger partial charge in [-0.3, -0.25) is 19.3 Å². The molecular weight excluding hydrogens is 300 g/mol. The van der Waals surface area contributed by atoms with E-state index in [4.69, 9.17) is 27.5 Å². The average molecular weight is 315 g/mol. The zero-order valence-electron chi connectivity index (χ0n) is 11.0. The molecule has 0 saturated heterocycles. The van der Waals surface area contributed by atoms with Crippen molar-refractivity contribution in [1.82, 2.24) is 0 Å². The quantitative estimate of drug-likeness (QED) is 0.689. The normalized spacial score (nSPS) is 11.7. The Morgan fingerprint density at radius 3 is 2.19 bits per heavy atom. The maximum absolute atomic E-state index is 12.2. The van der Waals surface area contributed by atoms with Crippen molar-refractivity contribution in [2.45, 2.75) is 18.9 Å². The predicted molar refractivity (Wildman–Crippen MR) is 76.3 cm³/mol. The molecule has 0 radical (unpaired) electrons. The maximum Gasteiger partial charge on any atom is 0.323 e. The summed E-state index contributed by atoms with van der Waals surface area (Å²) in [6, 6.07) is 4.93. The number of carbonyl (C=O) groups is 3. The third-order valence-electron chi connectivity index (χ3n) is 2.68. The van der Waals surface area contributed by atoms with Gasteiger partial charge in [0.15, 0.2) is 0 Å². The molecule has 0 bridgehead atoms. The van der Waals surface area contributed by atoms with Crippen LogP contribution >= 0.6 is 11.6 Å². The van der Waals surface area contributed by atoms with Crippen molar-refractivity contribution in [2.24, 2.45) is 5.73 Å². The summed E-state index contributed by atoms with van der Waals surface area (Å²) in [6.07, 6.45) is -0.341. The zero-order chi connectivity index (χ0) is 16.0. The highest BCUT2D eigenvalue weighted by atomic mass is 35.5. The number of aliphatic carboxylic acids is 2. The van der Waals surface area contributed by atoms with Crippen LogP contribution in [0.1, 0.15) is 12.8 Å². The highest BCUT2D eigenvalue weighted by Gasteiger charge is 2.24. The Labute approximate surface area is 125 Å². The van der Waals surface area contributed by atoms with Crippen LogP contribution in [0, 0.1) is 0 Å². The second kappa shape index (κ2) is 7.61. The number of rotatable bonds is 7. The fourth-order valence-corrected chi connectivity index (χ4v) is 1.78. The smallest absolute Gasteiger partial charge is 0.323 e. The summed E-state index contributed by atoms with van der Waals surface area (Å²) in [5, 5.41) is 17.9. The van der Waals surface area contributed by atoms with Gasteiger partial charge in [0.2, 0.25) is 5.91 Å². The van der Waals surface area contributed by atoms with Crippen LogP contribution in [0.4, 0.5) is 5.69 Å². The maximum atomic E-state index is 12.2. The van der Waals surface area contributed by atoms with Crippen molar-refractivity contribution >= 4 is 35.1 Å². The first-order valence-corrected chi connectivity index (χ1v) is 6.45. The van der Waals surface area contributed by atoms with E-state index >= 15 is 0 Å². The lowest BCUT2D eigenvalue weighted by Crippen LogP contribution is -2.46. The molecule has 1 amide bonds. The van der Waals surface area contributed by atoms with Crippen LogP contribution in [0.3, 0.4) is 0 Å². The Morgan fingerprint density at radius 2 is 1.71 bits per heavy atom. The van der Waals surface area contributed by atoms with E-state index in [9.17, 15) is 14.4 Å². The van der Waals surface area contributed by atoms with Crippen LogP contribution in [-0.4, -0.2) is 40.6 Å². The Balaban J connectivity index is 2.90. The number of nitrogens with zero attached hydrogens (tertiary/aromatic N) is 1. The number of carboxylic acids is 2. The van der Waals surface area contributed by atoms with E-state index in [1.165, 1.54) is 24.3 Å². The van der Waals surface area contributed by atoms with Gasteiger partial charge in [-0.05, 0) is 30.7 Å². The zero-order valence-corrected chi connectivity index (χ0v) is 11.8. The molecule has 0 aliphatic heterocycles. The predicted octanol–water partition coefficient (Wildman–Crippen LogP) is 0.950. The first-order chi connectivity index (χ1) is 9.81. The molecule has 1 aromatic rings. The van der Waals surface area contributed by atoms with Gasteiger partial charge >= 0.3 is 11.9 Å². The molecule has 8 heteroatoms. The van der Waals surface area contributed by atoms with Gasteiger partial charge in [-0.15, -0.1) is 0 Å². The van der Waals surface area contributed by atoms with E-state index in [0.717, 1.165) is 4.90 Å². The molecule has 1 atom stereocenters. The van der Waals surface area contributed by atoms with Crippen molar-refractivity contribution in [2.75, 3.05) is 11.4 Å². The third-order valence-corrected chi connectivity index (χ3v) is 2.94. The van der Waals surface area contributed by atoms with Crippen molar-refractivity contribution in [3.8, 4) is 0 Å². The minimum atomic E-state index is -1.20. The summed E-state index contributed by atoms with van der Waals surface area (Å²) in [7, 11) is 0. The third kappa shape index (κ3) is 5.41. The monoisotopic (exact) mass is 314 g/mol. The summed E-state index contributed by atoms with van der Waals surface area (Å²) in [5.41, 5.74) is 5.97. The summed E-state index contributed by atoms with van der Waals surface area (Å²) < 4.78 is 0. The van der Waals surface area contributed by atoms with Crippen molar-refractivity contribution < 1.29 is 24.6 Å². The molecular formula is C13H15ClN2O5. The lowest BCUT2D eigenvalue weighted by molar-refractivity contribution is -0.138. The Hall–Kier alpha value is -2.12. The molecule has 1 unspecified atom stereocenters. The van der Waals surface area contributed by atoms with E-state index < -0.39 is 30.4 Å². The van der Waals surface area contributed by atoms with Gasteiger partial charge in [-0.25, -0.2) is 0 Å². The van der Waals surface area contributed by atoms with E-state index in [1.807, 2.05) is 0 Å². The number of carbonyl (C=O) groups excluding carboxylic acids is 1. The van der Waals surface area contributed by atoms with E-state index in [0.29, 0.717) is 10.7 Å². The highest BCUT2D eigenvalue weighted by molar-refractivity contribution is 6.30. The molecule has 7 nitrogen and oxygen atoms in total. The average Bonchev–Trinajstić information content (AvgIpc) is 2.42. The number of hydrogen-bond acceptors (Lipinski definition) is 4. The van der Waals surface area contributed by atoms with Gasteiger partial charge < -0.3 is 15.9 Å². The molecule has 21 heavy (non-hydrogen) atoms. The van der Waals surface area contributed by atoms with Crippen molar-refractivity contribution in [3.63, 3.8) is 0 Å². The first kappa shape index (κ1) is 16.9. The topological polar surface area (TPSA) is 121 Å². The fraction of sp³-hybridized carbons (Fsp3) is 0.308. The minimum Gasteiger partial charge on any atom is -0.481 e. The van der Waals surface area contributed by atoms with Gasteiger partial charge in [0, 0.05) is 17.1 Å². The summed E-state index contributed by atoms with van der Waals surface area (Å²) in [4.78, 5) is 34.6. The van der Waals surface area contributed by atoms with Gasteiger partial charge in [0.05, 0.1) is 6.04 Å². The van der Waals surface area contributed by atoms with Crippen LogP contribution in [0.15, 0.2) is 24.3 Å². The largest absolute Gasteiger partial charge is 0.481 e. The molecule has 0 heterocycles. The van der Waals surface area contributed by atoms with Gasteiger partial charge in [-0.2, -0.15) is 0 Å². The minimum absolute atomic E-state index is 0.0716. The summed E-state index contributed by atoms with van der Waals surface area (Å²) in [5.74, 6) is -2.93. The molecule has 1 rings (SSSR count). The number of benzene rings is 1. The number of nitrogens with two attached hydrogens (primary N) is 1. The molecule has 0 fully saturated rings. The summed E-state index contributed by atoms with van der Waals surface area (Å²) in [6.45, 7) is -0.568. The lowest BCUT2D eigenvalue weighted by atomic mass is 10.1.